The Morgan fingerprint density at radius 1 is 0.844 bits per heavy atom. The zero-order valence-corrected chi connectivity index (χ0v) is 19.5. The number of aromatic carboxylic acids is 1. The summed E-state index contributed by atoms with van der Waals surface area (Å²) in [7, 11) is 0. The second kappa shape index (κ2) is 8.09. The topological polar surface area (TPSA) is 37.3 Å². The van der Waals surface area contributed by atoms with Crippen LogP contribution in [0.25, 0.3) is 22.3 Å². The monoisotopic (exact) mass is 424 g/mol. The molecule has 1 N–H and O–H groups in total. The zero-order chi connectivity index (χ0) is 23.1. The third-order valence-corrected chi connectivity index (χ3v) is 7.10. The molecule has 3 aromatic rings. The molecule has 0 amide bonds. The lowest BCUT2D eigenvalue weighted by atomic mass is 9.63. The summed E-state index contributed by atoms with van der Waals surface area (Å²) in [6.07, 6.45) is 5.15. The molecule has 1 aliphatic carbocycles. The van der Waals surface area contributed by atoms with Gasteiger partial charge >= 0.3 is 5.97 Å². The van der Waals surface area contributed by atoms with Gasteiger partial charge in [-0.3, -0.25) is 0 Å². The minimum absolute atomic E-state index is 0.156. The highest BCUT2D eigenvalue weighted by Crippen LogP contribution is 2.47. The predicted octanol–water partition coefficient (Wildman–Crippen LogP) is 7.80. The van der Waals surface area contributed by atoms with E-state index in [2.05, 4.69) is 70.7 Å². The van der Waals surface area contributed by atoms with Gasteiger partial charge in [0.1, 0.15) is 0 Å². The van der Waals surface area contributed by atoms with E-state index in [-0.39, 0.29) is 10.8 Å². The average Bonchev–Trinajstić information content (AvgIpc) is 2.77. The largest absolute Gasteiger partial charge is 0.478 e. The number of benzene rings is 3. The number of hydrogen-bond donors (Lipinski definition) is 1. The van der Waals surface area contributed by atoms with Gasteiger partial charge in [-0.25, -0.2) is 4.79 Å². The van der Waals surface area contributed by atoms with Gasteiger partial charge in [-0.15, -0.1) is 6.58 Å². The van der Waals surface area contributed by atoms with Gasteiger partial charge in [-0.05, 0) is 87.2 Å². The van der Waals surface area contributed by atoms with E-state index < -0.39 is 5.97 Å². The molecule has 4 rings (SSSR count). The van der Waals surface area contributed by atoms with E-state index >= 15 is 0 Å². The van der Waals surface area contributed by atoms with Crippen LogP contribution in [0.5, 0.6) is 0 Å². The van der Waals surface area contributed by atoms with Crippen molar-refractivity contribution in [3.8, 4) is 22.3 Å². The third kappa shape index (κ3) is 4.02. The lowest BCUT2D eigenvalue weighted by Crippen LogP contribution is -2.33. The van der Waals surface area contributed by atoms with E-state index in [1.54, 1.807) is 12.1 Å². The molecule has 0 bridgehead atoms. The highest BCUT2D eigenvalue weighted by atomic mass is 16.4. The van der Waals surface area contributed by atoms with Crippen LogP contribution in [0.1, 0.15) is 67.6 Å². The van der Waals surface area contributed by atoms with Gasteiger partial charge in [0.15, 0.2) is 0 Å². The Kier molecular flexibility index (Phi) is 5.58. The molecule has 0 fully saturated rings. The van der Waals surface area contributed by atoms with Gasteiger partial charge in [0.2, 0.25) is 0 Å². The first-order chi connectivity index (χ1) is 15.1. The van der Waals surface area contributed by atoms with Crippen molar-refractivity contribution in [1.82, 2.24) is 0 Å². The predicted molar refractivity (Wildman–Crippen MR) is 133 cm³/mol. The Morgan fingerprint density at radius 2 is 1.44 bits per heavy atom. The molecule has 2 nitrogen and oxygen atoms in total. The van der Waals surface area contributed by atoms with Crippen molar-refractivity contribution in [2.24, 2.45) is 0 Å². The molecule has 0 saturated heterocycles. The molecule has 0 atom stereocenters. The quantitative estimate of drug-likeness (QED) is 0.424. The maximum atomic E-state index is 11.2. The zero-order valence-electron chi connectivity index (χ0n) is 19.5. The molecule has 0 unspecified atom stereocenters. The maximum Gasteiger partial charge on any atom is 0.335 e. The van der Waals surface area contributed by atoms with E-state index in [1.165, 1.54) is 40.7 Å². The van der Waals surface area contributed by atoms with Crippen molar-refractivity contribution in [3.63, 3.8) is 0 Å². The van der Waals surface area contributed by atoms with Crippen LogP contribution in [0.2, 0.25) is 0 Å². The number of carboxylic acid groups (broad SMARTS) is 1. The lowest BCUT2D eigenvalue weighted by Gasteiger charge is -2.42. The molecule has 0 spiro atoms. The van der Waals surface area contributed by atoms with Crippen LogP contribution in [-0.2, 0) is 17.3 Å². The first kappa shape index (κ1) is 22.1. The van der Waals surface area contributed by atoms with Gasteiger partial charge in [0.05, 0.1) is 5.56 Å². The Hall–Kier alpha value is -3.13. The molecule has 0 heterocycles. The molecule has 0 aliphatic heterocycles. The molecule has 3 aromatic carbocycles. The second-order valence-electron chi connectivity index (χ2n) is 10.3. The van der Waals surface area contributed by atoms with Crippen molar-refractivity contribution < 1.29 is 9.90 Å². The van der Waals surface area contributed by atoms with E-state index in [0.717, 1.165) is 17.5 Å². The van der Waals surface area contributed by atoms with Crippen LogP contribution in [0, 0.1) is 0 Å². The van der Waals surface area contributed by atoms with E-state index in [4.69, 9.17) is 0 Å². The molecule has 2 heteroatoms. The van der Waals surface area contributed by atoms with Crippen LogP contribution in [0.3, 0.4) is 0 Å². The molecular formula is C30H32O2. The van der Waals surface area contributed by atoms with Crippen LogP contribution in [0.4, 0.5) is 0 Å². The fourth-order valence-electron chi connectivity index (χ4n) is 4.92. The molecule has 1 aliphatic rings. The SMILES string of the molecule is C=CCc1ccc(-c2ccc(C(=O)O)cc2)cc1-c1ccc2c(c1)C(C)(C)CCC2(C)C. The van der Waals surface area contributed by atoms with Gasteiger partial charge in [0.25, 0.3) is 0 Å². The Labute approximate surface area is 191 Å². The van der Waals surface area contributed by atoms with Crippen molar-refractivity contribution in [2.75, 3.05) is 0 Å². The number of rotatable bonds is 5. The summed E-state index contributed by atoms with van der Waals surface area (Å²) in [6, 6.07) is 20.6. The highest BCUT2D eigenvalue weighted by Gasteiger charge is 2.37. The van der Waals surface area contributed by atoms with E-state index in [1.807, 2.05) is 18.2 Å². The van der Waals surface area contributed by atoms with Crippen molar-refractivity contribution >= 4 is 5.97 Å². The summed E-state index contributed by atoms with van der Waals surface area (Å²) in [4.78, 5) is 11.2. The lowest BCUT2D eigenvalue weighted by molar-refractivity contribution is 0.0697. The molecule has 32 heavy (non-hydrogen) atoms. The van der Waals surface area contributed by atoms with Gasteiger partial charge in [0, 0.05) is 0 Å². The van der Waals surface area contributed by atoms with Gasteiger partial charge < -0.3 is 5.11 Å². The number of allylic oxidation sites excluding steroid dienone is 1. The fourth-order valence-corrected chi connectivity index (χ4v) is 4.92. The summed E-state index contributed by atoms with van der Waals surface area (Å²) in [5.41, 5.74) is 9.36. The molecule has 0 radical (unpaired) electrons. The number of carbonyl (C=O) groups is 1. The van der Waals surface area contributed by atoms with Crippen LogP contribution < -0.4 is 0 Å². The standard InChI is InChI=1S/C30H32O2/c1-6-7-21-10-13-23(20-8-11-22(12-9-20)28(31)32)18-25(21)24-14-15-26-27(19-24)30(4,5)17-16-29(26,2)3/h6,8-15,18-19H,1,7,16-17H2,2-5H3,(H,31,32). The molecule has 164 valence electrons. The molecular weight excluding hydrogens is 392 g/mol. The maximum absolute atomic E-state index is 11.2. The van der Waals surface area contributed by atoms with Crippen molar-refractivity contribution in [2.45, 2.75) is 57.8 Å². The van der Waals surface area contributed by atoms with Crippen molar-refractivity contribution in [1.29, 1.82) is 0 Å². The fraction of sp³-hybridized carbons (Fsp3) is 0.300. The number of hydrogen-bond acceptors (Lipinski definition) is 1. The van der Waals surface area contributed by atoms with E-state index in [9.17, 15) is 9.90 Å². The Morgan fingerprint density at radius 3 is 2.06 bits per heavy atom. The normalized spacial score (nSPS) is 16.2. The summed E-state index contributed by atoms with van der Waals surface area (Å²) in [6.45, 7) is 13.4. The first-order valence-electron chi connectivity index (χ1n) is 11.4. The van der Waals surface area contributed by atoms with E-state index in [0.29, 0.717) is 5.56 Å². The van der Waals surface area contributed by atoms with Crippen LogP contribution in [-0.4, -0.2) is 11.1 Å². The number of fused-ring (bicyclic) bond motifs is 1. The number of carboxylic acids is 1. The van der Waals surface area contributed by atoms with Gasteiger partial charge in [-0.2, -0.15) is 0 Å². The summed E-state index contributed by atoms with van der Waals surface area (Å²) >= 11 is 0. The molecule has 0 aromatic heterocycles. The van der Waals surface area contributed by atoms with Crippen molar-refractivity contribution in [3.05, 3.63) is 95.6 Å². The molecule has 0 saturated carbocycles. The summed E-state index contributed by atoms with van der Waals surface area (Å²) < 4.78 is 0. The smallest absolute Gasteiger partial charge is 0.335 e. The Bertz CT molecular complexity index is 1180. The minimum Gasteiger partial charge on any atom is -0.478 e. The van der Waals surface area contributed by atoms with Gasteiger partial charge in [-0.1, -0.05) is 76.2 Å². The summed E-state index contributed by atoms with van der Waals surface area (Å²) in [5, 5.41) is 9.20. The Balaban J connectivity index is 1.84. The minimum atomic E-state index is -0.904. The average molecular weight is 425 g/mol. The van der Waals surface area contributed by atoms with Crippen LogP contribution >= 0.6 is 0 Å². The highest BCUT2D eigenvalue weighted by molar-refractivity contribution is 5.88. The third-order valence-electron chi connectivity index (χ3n) is 7.10. The van der Waals surface area contributed by atoms with Crippen LogP contribution in [0.15, 0.2) is 73.3 Å². The summed E-state index contributed by atoms with van der Waals surface area (Å²) in [5.74, 6) is -0.904. The first-order valence-corrected chi connectivity index (χ1v) is 11.4. The second-order valence-corrected chi connectivity index (χ2v) is 10.3.